The maximum absolute atomic E-state index is 11.0. The van der Waals surface area contributed by atoms with Gasteiger partial charge in [0.05, 0.1) is 6.54 Å². The zero-order chi connectivity index (χ0) is 9.52. The van der Waals surface area contributed by atoms with Gasteiger partial charge >= 0.3 is 0 Å². The van der Waals surface area contributed by atoms with E-state index in [0.29, 0.717) is 6.54 Å². The number of nitrogens with one attached hydrogen (secondary N) is 2. The highest BCUT2D eigenvalue weighted by Gasteiger charge is 2.14. The van der Waals surface area contributed by atoms with E-state index in [1.165, 1.54) is 17.9 Å². The molecular weight excluding hydrogens is 184 g/mol. The van der Waals surface area contributed by atoms with Gasteiger partial charge in [-0.25, -0.2) is 0 Å². The second-order valence-electron chi connectivity index (χ2n) is 3.31. The highest BCUT2D eigenvalue weighted by molar-refractivity contribution is 7.99. The first-order chi connectivity index (χ1) is 6.33. The molecule has 1 fully saturated rings. The number of amides is 1. The summed E-state index contributed by atoms with van der Waals surface area (Å²) in [6, 6.07) is 0. The van der Waals surface area contributed by atoms with E-state index in [4.69, 9.17) is 0 Å². The summed E-state index contributed by atoms with van der Waals surface area (Å²) >= 11 is 2.01. The lowest BCUT2D eigenvalue weighted by Gasteiger charge is -2.09. The predicted octanol–water partition coefficient (Wildman–Crippen LogP) is 0.465. The van der Waals surface area contributed by atoms with Crippen LogP contribution in [-0.4, -0.2) is 37.0 Å². The Bertz CT molecular complexity index is 158. The fraction of sp³-hybridized carbons (Fsp3) is 0.889. The molecule has 1 amide bonds. The van der Waals surface area contributed by atoms with Gasteiger partial charge in [0, 0.05) is 6.54 Å². The van der Waals surface area contributed by atoms with Crippen molar-refractivity contribution in [3.05, 3.63) is 0 Å². The molecular formula is C9H18N2OS. The van der Waals surface area contributed by atoms with Gasteiger partial charge in [-0.3, -0.25) is 4.79 Å². The van der Waals surface area contributed by atoms with Gasteiger partial charge in [-0.15, -0.1) is 0 Å². The van der Waals surface area contributed by atoms with Gasteiger partial charge in [-0.1, -0.05) is 0 Å². The van der Waals surface area contributed by atoms with Crippen molar-refractivity contribution in [3.8, 4) is 0 Å². The molecule has 0 saturated carbocycles. The number of thioether (sulfide) groups is 1. The molecule has 1 aliphatic heterocycles. The standard InChI is InChI=1S/C9H18N2OS/c1-2-11-9(12)6-10-5-8-3-4-13-7-8/h8,10H,2-7H2,1H3,(H,11,12). The van der Waals surface area contributed by atoms with Crippen LogP contribution < -0.4 is 10.6 Å². The van der Waals surface area contributed by atoms with E-state index in [2.05, 4.69) is 10.6 Å². The number of likely N-dealkylation sites (N-methyl/N-ethyl adjacent to an activating group) is 1. The molecule has 1 aliphatic rings. The quantitative estimate of drug-likeness (QED) is 0.681. The highest BCUT2D eigenvalue weighted by Crippen LogP contribution is 2.22. The Labute approximate surface area is 84.0 Å². The molecule has 2 N–H and O–H groups in total. The van der Waals surface area contributed by atoms with Crippen molar-refractivity contribution in [3.63, 3.8) is 0 Å². The summed E-state index contributed by atoms with van der Waals surface area (Å²) in [5.74, 6) is 3.42. The molecule has 76 valence electrons. The van der Waals surface area contributed by atoms with Crippen molar-refractivity contribution < 1.29 is 4.79 Å². The summed E-state index contributed by atoms with van der Waals surface area (Å²) in [7, 11) is 0. The maximum atomic E-state index is 11.0. The van der Waals surface area contributed by atoms with Crippen molar-refractivity contribution in [2.45, 2.75) is 13.3 Å². The molecule has 0 aliphatic carbocycles. The van der Waals surface area contributed by atoms with Gasteiger partial charge in [0.25, 0.3) is 0 Å². The van der Waals surface area contributed by atoms with Crippen molar-refractivity contribution in [1.82, 2.24) is 10.6 Å². The topological polar surface area (TPSA) is 41.1 Å². The minimum atomic E-state index is 0.105. The molecule has 1 saturated heterocycles. The van der Waals surface area contributed by atoms with Crippen LogP contribution in [0.4, 0.5) is 0 Å². The van der Waals surface area contributed by atoms with E-state index in [-0.39, 0.29) is 5.91 Å². The molecule has 0 aromatic heterocycles. The Kier molecular flexibility index (Phi) is 5.23. The van der Waals surface area contributed by atoms with Gasteiger partial charge in [-0.05, 0) is 37.3 Å². The van der Waals surface area contributed by atoms with Gasteiger partial charge in [0.2, 0.25) is 5.91 Å². The second kappa shape index (κ2) is 6.27. The molecule has 1 rings (SSSR count). The summed E-state index contributed by atoms with van der Waals surface area (Å²) in [6.45, 7) is 4.12. The van der Waals surface area contributed by atoms with Crippen LogP contribution in [0.2, 0.25) is 0 Å². The monoisotopic (exact) mass is 202 g/mol. The zero-order valence-corrected chi connectivity index (χ0v) is 8.95. The maximum Gasteiger partial charge on any atom is 0.233 e. The van der Waals surface area contributed by atoms with Gasteiger partial charge < -0.3 is 10.6 Å². The molecule has 0 aromatic rings. The van der Waals surface area contributed by atoms with Crippen LogP contribution >= 0.6 is 11.8 Å². The van der Waals surface area contributed by atoms with E-state index >= 15 is 0 Å². The molecule has 0 bridgehead atoms. The molecule has 13 heavy (non-hydrogen) atoms. The second-order valence-corrected chi connectivity index (χ2v) is 4.46. The van der Waals surface area contributed by atoms with Gasteiger partial charge in [0.1, 0.15) is 0 Å². The first kappa shape index (κ1) is 10.9. The van der Waals surface area contributed by atoms with Crippen LogP contribution in [-0.2, 0) is 4.79 Å². The molecule has 3 nitrogen and oxygen atoms in total. The zero-order valence-electron chi connectivity index (χ0n) is 8.14. The largest absolute Gasteiger partial charge is 0.355 e. The lowest BCUT2D eigenvalue weighted by Crippen LogP contribution is -2.35. The smallest absolute Gasteiger partial charge is 0.233 e. The van der Waals surface area contributed by atoms with Crippen molar-refractivity contribution >= 4 is 17.7 Å². The van der Waals surface area contributed by atoms with Crippen molar-refractivity contribution in [1.29, 1.82) is 0 Å². The van der Waals surface area contributed by atoms with Crippen LogP contribution in [0.5, 0.6) is 0 Å². The number of carbonyl (C=O) groups is 1. The molecule has 0 radical (unpaired) electrons. The molecule has 1 atom stereocenters. The van der Waals surface area contributed by atoms with Crippen LogP contribution in [0, 0.1) is 5.92 Å². The van der Waals surface area contributed by atoms with Crippen LogP contribution in [0.1, 0.15) is 13.3 Å². The van der Waals surface area contributed by atoms with Crippen LogP contribution in [0.3, 0.4) is 0 Å². The predicted molar refractivity (Wildman–Crippen MR) is 57.0 cm³/mol. The Morgan fingerprint density at radius 2 is 2.46 bits per heavy atom. The summed E-state index contributed by atoms with van der Waals surface area (Å²) in [4.78, 5) is 11.0. The van der Waals surface area contributed by atoms with E-state index in [1.807, 2.05) is 18.7 Å². The average molecular weight is 202 g/mol. The molecule has 0 spiro atoms. The molecule has 1 heterocycles. The van der Waals surface area contributed by atoms with Gasteiger partial charge in [0.15, 0.2) is 0 Å². The lowest BCUT2D eigenvalue weighted by atomic mass is 10.1. The van der Waals surface area contributed by atoms with E-state index < -0.39 is 0 Å². The third kappa shape index (κ3) is 4.52. The molecule has 1 unspecified atom stereocenters. The van der Waals surface area contributed by atoms with E-state index in [9.17, 15) is 4.79 Å². The number of rotatable bonds is 5. The van der Waals surface area contributed by atoms with Crippen molar-refractivity contribution in [2.24, 2.45) is 5.92 Å². The Morgan fingerprint density at radius 3 is 3.08 bits per heavy atom. The summed E-state index contributed by atoms with van der Waals surface area (Å²) in [6.07, 6.45) is 1.30. The minimum absolute atomic E-state index is 0.105. The first-order valence-corrected chi connectivity index (χ1v) is 6.03. The third-order valence-corrected chi connectivity index (χ3v) is 3.35. The lowest BCUT2D eigenvalue weighted by molar-refractivity contribution is -0.120. The average Bonchev–Trinajstić information content (AvgIpc) is 2.57. The fourth-order valence-corrected chi connectivity index (χ4v) is 2.68. The number of hydrogen-bond donors (Lipinski definition) is 2. The highest BCUT2D eigenvalue weighted by atomic mass is 32.2. The Morgan fingerprint density at radius 1 is 1.62 bits per heavy atom. The summed E-state index contributed by atoms with van der Waals surface area (Å²) in [5, 5.41) is 5.95. The van der Waals surface area contributed by atoms with E-state index in [1.54, 1.807) is 0 Å². The van der Waals surface area contributed by atoms with Crippen molar-refractivity contribution in [2.75, 3.05) is 31.1 Å². The number of carbonyl (C=O) groups excluding carboxylic acids is 1. The third-order valence-electron chi connectivity index (χ3n) is 2.12. The van der Waals surface area contributed by atoms with E-state index in [0.717, 1.165) is 19.0 Å². The molecule has 4 heteroatoms. The minimum Gasteiger partial charge on any atom is -0.355 e. The van der Waals surface area contributed by atoms with Crippen LogP contribution in [0.15, 0.2) is 0 Å². The number of hydrogen-bond acceptors (Lipinski definition) is 3. The SMILES string of the molecule is CCNC(=O)CNCC1CCSC1. The first-order valence-electron chi connectivity index (χ1n) is 4.88. The Hall–Kier alpha value is -0.220. The Balaban J connectivity index is 1.96. The normalized spacial score (nSPS) is 21.8. The van der Waals surface area contributed by atoms with Gasteiger partial charge in [-0.2, -0.15) is 11.8 Å². The summed E-state index contributed by atoms with van der Waals surface area (Å²) in [5.41, 5.74) is 0. The molecule has 0 aromatic carbocycles. The van der Waals surface area contributed by atoms with Crippen LogP contribution in [0.25, 0.3) is 0 Å². The fourth-order valence-electron chi connectivity index (χ4n) is 1.39. The summed E-state index contributed by atoms with van der Waals surface area (Å²) < 4.78 is 0.